The quantitative estimate of drug-likeness (QED) is 0.704. The van der Waals surface area contributed by atoms with Gasteiger partial charge in [-0.05, 0) is 25.5 Å². The van der Waals surface area contributed by atoms with Crippen LogP contribution in [0.4, 0.5) is 0 Å². The lowest BCUT2D eigenvalue weighted by Gasteiger charge is -2.33. The molecule has 0 aliphatic carbocycles. The predicted molar refractivity (Wildman–Crippen MR) is 96.8 cm³/mol. The van der Waals surface area contributed by atoms with Gasteiger partial charge in [0.25, 0.3) is 5.91 Å². The summed E-state index contributed by atoms with van der Waals surface area (Å²) in [7, 11) is 1.76. The Hall–Kier alpha value is -2.94. The maximum absolute atomic E-state index is 12.2. The van der Waals surface area contributed by atoms with Crippen molar-refractivity contribution in [1.29, 1.82) is 0 Å². The highest BCUT2D eigenvalue weighted by atomic mass is 16.5. The Labute approximate surface area is 156 Å². The van der Waals surface area contributed by atoms with Crippen LogP contribution in [0, 0.1) is 6.92 Å². The zero-order chi connectivity index (χ0) is 18.8. The second kappa shape index (κ2) is 7.36. The van der Waals surface area contributed by atoms with Crippen LogP contribution in [0.2, 0.25) is 0 Å². The Morgan fingerprint density at radius 1 is 1.33 bits per heavy atom. The summed E-state index contributed by atoms with van der Waals surface area (Å²) in [6.45, 7) is 4.88. The molecule has 0 fully saturated rings. The van der Waals surface area contributed by atoms with E-state index in [9.17, 15) is 4.79 Å². The fourth-order valence-corrected chi connectivity index (χ4v) is 3.56. The number of hydrogen-bond donors (Lipinski definition) is 1. The molecular formula is C18H23N7O2. The molecule has 9 nitrogen and oxygen atoms in total. The van der Waals surface area contributed by atoms with Gasteiger partial charge in [0, 0.05) is 51.7 Å². The molecule has 1 aliphatic heterocycles. The second-order valence-corrected chi connectivity index (χ2v) is 6.90. The Kier molecular flexibility index (Phi) is 4.76. The van der Waals surface area contributed by atoms with E-state index in [1.807, 2.05) is 25.3 Å². The van der Waals surface area contributed by atoms with Crippen LogP contribution in [0.3, 0.4) is 0 Å². The van der Waals surface area contributed by atoms with Gasteiger partial charge >= 0.3 is 0 Å². The van der Waals surface area contributed by atoms with E-state index in [1.54, 1.807) is 24.0 Å². The van der Waals surface area contributed by atoms with E-state index in [2.05, 4.69) is 30.3 Å². The highest BCUT2D eigenvalue weighted by Crippen LogP contribution is 2.24. The molecule has 0 spiro atoms. The molecule has 0 radical (unpaired) electrons. The van der Waals surface area contributed by atoms with Crippen molar-refractivity contribution in [3.05, 3.63) is 53.4 Å². The molecule has 0 bridgehead atoms. The molecular weight excluding hydrogens is 346 g/mol. The topological polar surface area (TPSA) is 94.0 Å². The molecule has 4 rings (SSSR count). The summed E-state index contributed by atoms with van der Waals surface area (Å²) in [5.41, 5.74) is 2.66. The predicted octanol–water partition coefficient (Wildman–Crippen LogP) is 1.29. The summed E-state index contributed by atoms with van der Waals surface area (Å²) in [4.78, 5) is 14.6. The van der Waals surface area contributed by atoms with Gasteiger partial charge in [-0.25, -0.2) is 0 Å². The summed E-state index contributed by atoms with van der Waals surface area (Å²) in [6, 6.07) is 5.92. The number of rotatable bonds is 6. The lowest BCUT2D eigenvalue weighted by Crippen LogP contribution is -2.39. The summed E-state index contributed by atoms with van der Waals surface area (Å²) in [6.07, 6.45) is 4.25. The van der Waals surface area contributed by atoms with E-state index in [4.69, 9.17) is 4.52 Å². The zero-order valence-corrected chi connectivity index (χ0v) is 15.5. The van der Waals surface area contributed by atoms with Gasteiger partial charge in [0.05, 0.1) is 17.4 Å². The molecule has 4 heterocycles. The molecule has 1 atom stereocenters. The van der Waals surface area contributed by atoms with Crippen molar-refractivity contribution in [3.8, 4) is 0 Å². The standard InChI is InChI=1S/C18H23N7O2/c1-13-9-14(22-27-13)10-24-11-15(25-16(12-24)4-7-21-25)3-6-19-18(26)17-5-8-20-23(17)2/h4-5,7-9,15H,3,6,10-12H2,1-2H3,(H,19,26)/t15-/m0/s1. The van der Waals surface area contributed by atoms with E-state index in [1.165, 1.54) is 5.69 Å². The number of carbonyl (C=O) groups excluding carboxylic acids is 1. The molecule has 0 aromatic carbocycles. The largest absolute Gasteiger partial charge is 0.361 e. The van der Waals surface area contributed by atoms with Crippen LogP contribution in [-0.4, -0.2) is 48.6 Å². The molecule has 0 saturated heterocycles. The smallest absolute Gasteiger partial charge is 0.269 e. The van der Waals surface area contributed by atoms with Crippen molar-refractivity contribution in [2.24, 2.45) is 7.05 Å². The van der Waals surface area contributed by atoms with Gasteiger partial charge in [-0.1, -0.05) is 5.16 Å². The van der Waals surface area contributed by atoms with Gasteiger partial charge < -0.3 is 9.84 Å². The van der Waals surface area contributed by atoms with E-state index in [0.29, 0.717) is 12.2 Å². The Morgan fingerprint density at radius 2 is 2.19 bits per heavy atom. The fourth-order valence-electron chi connectivity index (χ4n) is 3.56. The zero-order valence-electron chi connectivity index (χ0n) is 15.5. The molecule has 0 unspecified atom stereocenters. The van der Waals surface area contributed by atoms with Crippen LogP contribution in [-0.2, 0) is 20.1 Å². The van der Waals surface area contributed by atoms with Gasteiger partial charge in [-0.2, -0.15) is 10.2 Å². The minimum atomic E-state index is -0.110. The molecule has 1 amide bonds. The molecule has 1 N–H and O–H groups in total. The first-order valence-electron chi connectivity index (χ1n) is 9.03. The van der Waals surface area contributed by atoms with Crippen LogP contribution >= 0.6 is 0 Å². The average molecular weight is 369 g/mol. The van der Waals surface area contributed by atoms with Crippen molar-refractivity contribution in [2.45, 2.75) is 32.5 Å². The van der Waals surface area contributed by atoms with E-state index in [-0.39, 0.29) is 11.9 Å². The summed E-state index contributed by atoms with van der Waals surface area (Å²) in [5.74, 6) is 0.711. The number of fused-ring (bicyclic) bond motifs is 1. The number of hydrogen-bond acceptors (Lipinski definition) is 6. The third kappa shape index (κ3) is 3.77. The maximum atomic E-state index is 12.2. The highest BCUT2D eigenvalue weighted by molar-refractivity contribution is 5.92. The van der Waals surface area contributed by atoms with Gasteiger partial charge in [-0.3, -0.25) is 19.1 Å². The average Bonchev–Trinajstić information content (AvgIpc) is 3.36. The van der Waals surface area contributed by atoms with Crippen molar-refractivity contribution in [1.82, 2.24) is 34.9 Å². The Morgan fingerprint density at radius 3 is 2.93 bits per heavy atom. The monoisotopic (exact) mass is 369 g/mol. The van der Waals surface area contributed by atoms with Gasteiger partial charge in [-0.15, -0.1) is 0 Å². The van der Waals surface area contributed by atoms with E-state index in [0.717, 1.165) is 37.5 Å². The van der Waals surface area contributed by atoms with Crippen molar-refractivity contribution in [3.63, 3.8) is 0 Å². The first-order chi connectivity index (χ1) is 13.1. The van der Waals surface area contributed by atoms with Gasteiger partial charge in [0.1, 0.15) is 11.5 Å². The molecule has 27 heavy (non-hydrogen) atoms. The summed E-state index contributed by atoms with van der Waals surface area (Å²) in [5, 5.41) is 15.6. The number of nitrogens with one attached hydrogen (secondary N) is 1. The summed E-state index contributed by atoms with van der Waals surface area (Å²) >= 11 is 0. The van der Waals surface area contributed by atoms with Gasteiger partial charge in [0.2, 0.25) is 0 Å². The van der Waals surface area contributed by atoms with Crippen molar-refractivity contribution >= 4 is 5.91 Å². The SMILES string of the molecule is Cc1cc(CN2Cc3ccnn3[C@@H](CCNC(=O)c3ccnn3C)C2)no1. The van der Waals surface area contributed by atoms with Crippen LogP contribution in [0.5, 0.6) is 0 Å². The van der Waals surface area contributed by atoms with Crippen LogP contribution in [0.15, 0.2) is 35.1 Å². The first kappa shape index (κ1) is 17.5. The lowest BCUT2D eigenvalue weighted by atomic mass is 10.1. The van der Waals surface area contributed by atoms with Crippen molar-refractivity contribution in [2.75, 3.05) is 13.1 Å². The molecule has 142 valence electrons. The molecule has 9 heteroatoms. The molecule has 3 aromatic rings. The number of aromatic nitrogens is 5. The van der Waals surface area contributed by atoms with E-state index >= 15 is 0 Å². The molecule has 0 saturated carbocycles. The molecule has 1 aliphatic rings. The number of nitrogens with zero attached hydrogens (tertiary/aromatic N) is 6. The maximum Gasteiger partial charge on any atom is 0.269 e. The Bertz CT molecular complexity index is 926. The summed E-state index contributed by atoms with van der Waals surface area (Å²) < 4.78 is 8.82. The fraction of sp³-hybridized carbons (Fsp3) is 0.444. The minimum Gasteiger partial charge on any atom is -0.361 e. The number of amides is 1. The van der Waals surface area contributed by atoms with Crippen LogP contribution in [0.25, 0.3) is 0 Å². The van der Waals surface area contributed by atoms with Gasteiger partial charge in [0.15, 0.2) is 0 Å². The van der Waals surface area contributed by atoms with Crippen molar-refractivity contribution < 1.29 is 9.32 Å². The number of carbonyl (C=O) groups is 1. The first-order valence-corrected chi connectivity index (χ1v) is 9.03. The lowest BCUT2D eigenvalue weighted by molar-refractivity contribution is 0.0937. The molecule has 3 aromatic heterocycles. The normalized spacial score (nSPS) is 17.0. The number of aryl methyl sites for hydroxylation is 2. The Balaban J connectivity index is 1.38. The second-order valence-electron chi connectivity index (χ2n) is 6.90. The third-order valence-corrected chi connectivity index (χ3v) is 4.83. The van der Waals surface area contributed by atoms with E-state index < -0.39 is 0 Å². The minimum absolute atomic E-state index is 0.110. The van der Waals surface area contributed by atoms with Crippen LogP contribution in [0.1, 0.15) is 40.1 Å². The highest BCUT2D eigenvalue weighted by Gasteiger charge is 2.26. The third-order valence-electron chi connectivity index (χ3n) is 4.83. The van der Waals surface area contributed by atoms with Crippen LogP contribution < -0.4 is 5.32 Å².